The molecule has 3 aliphatic heterocycles. The van der Waals surface area contributed by atoms with Crippen molar-refractivity contribution < 1.29 is 23.9 Å². The number of nitrogens with one attached hydrogen (secondary N) is 1. The number of anilines is 3. The molecule has 0 radical (unpaired) electrons. The molecule has 1 N–H and O–H groups in total. The Kier molecular flexibility index (Phi) is 7.72. The number of rotatable bonds is 7. The number of aldehydes is 1. The van der Waals surface area contributed by atoms with Gasteiger partial charge in [-0.3, -0.25) is 19.8 Å². The number of hydrogen-bond donors (Lipinski definition) is 1. The third-order valence-corrected chi connectivity index (χ3v) is 7.58. The number of methoxy groups -OCH3 is 2. The van der Waals surface area contributed by atoms with Crippen LogP contribution in [0.5, 0.6) is 0 Å². The smallest absolute Gasteiger partial charge is 0.328 e. The van der Waals surface area contributed by atoms with Crippen LogP contribution in [0.4, 0.5) is 22.1 Å². The van der Waals surface area contributed by atoms with E-state index in [-0.39, 0.29) is 24.2 Å². The molecular formula is C27H31N7O5. The molecule has 2 unspecified atom stereocenters. The highest BCUT2D eigenvalue weighted by Gasteiger charge is 2.33. The molecule has 2 aromatic rings. The van der Waals surface area contributed by atoms with Gasteiger partial charge in [0.2, 0.25) is 0 Å². The average molecular weight is 534 g/mol. The number of likely N-dealkylation sites (tertiary alicyclic amines) is 1. The number of hydrogen-bond acceptors (Lipinski definition) is 9. The second kappa shape index (κ2) is 11.3. The van der Waals surface area contributed by atoms with Crippen molar-refractivity contribution in [2.45, 2.75) is 44.4 Å². The molecule has 2 aromatic heterocycles. The number of aromatic nitrogens is 2. The Morgan fingerprint density at radius 1 is 1.23 bits per heavy atom. The molecule has 0 aromatic carbocycles. The highest BCUT2D eigenvalue weighted by Crippen LogP contribution is 2.30. The van der Waals surface area contributed by atoms with Gasteiger partial charge in [0.25, 0.3) is 5.91 Å². The van der Waals surface area contributed by atoms with Gasteiger partial charge in [0, 0.05) is 71.2 Å². The molecule has 12 nitrogen and oxygen atoms in total. The van der Waals surface area contributed by atoms with Gasteiger partial charge in [-0.2, -0.15) is 5.26 Å². The van der Waals surface area contributed by atoms with Crippen LogP contribution in [-0.4, -0.2) is 85.7 Å². The van der Waals surface area contributed by atoms with Gasteiger partial charge in [0.1, 0.15) is 29.5 Å². The van der Waals surface area contributed by atoms with E-state index in [1.165, 1.54) is 18.2 Å². The second-order valence-corrected chi connectivity index (χ2v) is 9.88. The standard InChI is InChI=1S/C27H31N7O5/c1-38-20-5-8-32(15-20)22-11-24(29-13-19(22)12-28)31-27(37)34-7-3-4-17-10-18(21(16-35)30-25(17)34)14-33-9-6-23(39-2)26(33)36/h10-11,13,16,20,23H,3-9,14-15H2,1-2H3,(H,29,31,37). The molecule has 2 atom stereocenters. The van der Waals surface area contributed by atoms with Gasteiger partial charge in [0.15, 0.2) is 6.29 Å². The predicted molar refractivity (Wildman–Crippen MR) is 142 cm³/mol. The Hall–Kier alpha value is -4.08. The third kappa shape index (κ3) is 5.28. The zero-order valence-corrected chi connectivity index (χ0v) is 22.1. The first-order chi connectivity index (χ1) is 18.9. The molecular weight excluding hydrogens is 502 g/mol. The van der Waals surface area contributed by atoms with Crippen LogP contribution in [-0.2, 0) is 27.2 Å². The summed E-state index contributed by atoms with van der Waals surface area (Å²) in [5.74, 6) is 0.631. The zero-order chi connectivity index (χ0) is 27.5. The van der Waals surface area contributed by atoms with Gasteiger partial charge in [-0.25, -0.2) is 14.8 Å². The zero-order valence-electron chi connectivity index (χ0n) is 22.1. The first kappa shape index (κ1) is 26.5. The minimum atomic E-state index is -0.460. The fourth-order valence-electron chi connectivity index (χ4n) is 5.45. The minimum Gasteiger partial charge on any atom is -0.380 e. The summed E-state index contributed by atoms with van der Waals surface area (Å²) < 4.78 is 10.7. The first-order valence-corrected chi connectivity index (χ1v) is 13.0. The van der Waals surface area contributed by atoms with Crippen molar-refractivity contribution >= 4 is 35.5 Å². The molecule has 204 valence electrons. The number of nitriles is 1. The Balaban J connectivity index is 1.36. The summed E-state index contributed by atoms with van der Waals surface area (Å²) in [5, 5.41) is 12.4. The van der Waals surface area contributed by atoms with E-state index in [1.807, 2.05) is 6.07 Å². The summed E-state index contributed by atoms with van der Waals surface area (Å²) in [6.45, 7) is 2.62. The Morgan fingerprint density at radius 3 is 2.77 bits per heavy atom. The number of carbonyl (C=O) groups is 3. The molecule has 12 heteroatoms. The number of pyridine rings is 2. The number of carbonyl (C=O) groups excluding carboxylic acids is 3. The van der Waals surface area contributed by atoms with Crippen molar-refractivity contribution in [3.63, 3.8) is 0 Å². The number of ether oxygens (including phenoxy) is 2. The lowest BCUT2D eigenvalue weighted by Gasteiger charge is -2.29. The number of aryl methyl sites for hydroxylation is 1. The highest BCUT2D eigenvalue weighted by atomic mass is 16.5. The fraction of sp³-hybridized carbons (Fsp3) is 0.481. The largest absolute Gasteiger partial charge is 0.380 e. The average Bonchev–Trinajstić information content (AvgIpc) is 3.58. The van der Waals surface area contributed by atoms with Gasteiger partial charge in [-0.05, 0) is 30.9 Å². The summed E-state index contributed by atoms with van der Waals surface area (Å²) in [6, 6.07) is 5.32. The molecule has 39 heavy (non-hydrogen) atoms. The normalized spacial score (nSPS) is 20.6. The van der Waals surface area contributed by atoms with Gasteiger partial charge in [-0.15, -0.1) is 0 Å². The third-order valence-electron chi connectivity index (χ3n) is 7.58. The van der Waals surface area contributed by atoms with Crippen LogP contribution in [0.25, 0.3) is 0 Å². The van der Waals surface area contributed by atoms with E-state index in [0.717, 1.165) is 18.5 Å². The highest BCUT2D eigenvalue weighted by molar-refractivity contribution is 6.02. The van der Waals surface area contributed by atoms with Crippen LogP contribution < -0.4 is 15.1 Å². The van der Waals surface area contributed by atoms with Crippen molar-refractivity contribution in [2.75, 3.05) is 55.5 Å². The van der Waals surface area contributed by atoms with Gasteiger partial charge < -0.3 is 19.3 Å². The summed E-state index contributed by atoms with van der Waals surface area (Å²) in [4.78, 5) is 51.9. The second-order valence-electron chi connectivity index (χ2n) is 9.88. The number of urea groups is 1. The monoisotopic (exact) mass is 533 g/mol. The molecule has 0 aliphatic carbocycles. The molecule has 3 amide bonds. The molecule has 0 saturated carbocycles. The van der Waals surface area contributed by atoms with E-state index in [2.05, 4.69) is 26.3 Å². The van der Waals surface area contributed by atoms with E-state index in [9.17, 15) is 19.6 Å². The van der Waals surface area contributed by atoms with E-state index < -0.39 is 12.1 Å². The minimum absolute atomic E-state index is 0.0839. The molecule has 0 spiro atoms. The maximum absolute atomic E-state index is 13.4. The van der Waals surface area contributed by atoms with Crippen molar-refractivity contribution in [2.24, 2.45) is 0 Å². The molecule has 2 saturated heterocycles. The topological polar surface area (TPSA) is 141 Å². The predicted octanol–water partition coefficient (Wildman–Crippen LogP) is 2.12. The summed E-state index contributed by atoms with van der Waals surface area (Å²) in [6.07, 6.45) is 4.61. The Labute approximate surface area is 226 Å². The number of nitrogens with zero attached hydrogens (tertiary/aromatic N) is 6. The maximum Gasteiger partial charge on any atom is 0.328 e. The quantitative estimate of drug-likeness (QED) is 0.530. The fourth-order valence-corrected chi connectivity index (χ4v) is 5.45. The maximum atomic E-state index is 13.4. The molecule has 0 bridgehead atoms. The molecule has 5 heterocycles. The molecule has 3 aliphatic rings. The lowest BCUT2D eigenvalue weighted by Crippen LogP contribution is -2.40. The van der Waals surface area contributed by atoms with Crippen LogP contribution in [0.15, 0.2) is 18.3 Å². The van der Waals surface area contributed by atoms with Crippen molar-refractivity contribution in [3.05, 3.63) is 40.7 Å². The van der Waals surface area contributed by atoms with E-state index in [4.69, 9.17) is 9.47 Å². The van der Waals surface area contributed by atoms with Crippen LogP contribution in [0, 0.1) is 11.3 Å². The van der Waals surface area contributed by atoms with E-state index >= 15 is 0 Å². The SMILES string of the molecule is COC1CCN(c2cc(NC(=O)N3CCCc4cc(CN5CCC(OC)C5=O)c(C=O)nc43)ncc2C#N)C1. The summed E-state index contributed by atoms with van der Waals surface area (Å²) in [7, 11) is 3.18. The van der Waals surface area contributed by atoms with Crippen LogP contribution in [0.2, 0.25) is 0 Å². The number of fused-ring (bicyclic) bond motifs is 1. The van der Waals surface area contributed by atoms with Crippen molar-refractivity contribution in [3.8, 4) is 6.07 Å². The van der Waals surface area contributed by atoms with Gasteiger partial charge in [-0.1, -0.05) is 0 Å². The summed E-state index contributed by atoms with van der Waals surface area (Å²) >= 11 is 0. The van der Waals surface area contributed by atoms with E-state index in [1.54, 1.807) is 18.1 Å². The van der Waals surface area contributed by atoms with Crippen LogP contribution in [0.3, 0.4) is 0 Å². The lowest BCUT2D eigenvalue weighted by molar-refractivity contribution is -0.136. The van der Waals surface area contributed by atoms with Crippen LogP contribution in [0.1, 0.15) is 46.4 Å². The Morgan fingerprint density at radius 2 is 2.08 bits per heavy atom. The first-order valence-electron chi connectivity index (χ1n) is 13.0. The Bertz CT molecular complexity index is 1330. The van der Waals surface area contributed by atoms with Crippen molar-refractivity contribution in [1.29, 1.82) is 5.26 Å². The van der Waals surface area contributed by atoms with Crippen molar-refractivity contribution in [1.82, 2.24) is 14.9 Å². The van der Waals surface area contributed by atoms with Gasteiger partial charge in [0.05, 0.1) is 17.4 Å². The number of amides is 3. The van der Waals surface area contributed by atoms with Gasteiger partial charge >= 0.3 is 6.03 Å². The van der Waals surface area contributed by atoms with Crippen LogP contribution >= 0.6 is 0 Å². The van der Waals surface area contributed by atoms with E-state index in [0.29, 0.717) is 73.6 Å². The molecule has 2 fully saturated rings. The summed E-state index contributed by atoms with van der Waals surface area (Å²) in [5.41, 5.74) is 2.80. The molecule has 5 rings (SSSR count). The lowest BCUT2D eigenvalue weighted by atomic mass is 10.0.